The minimum absolute atomic E-state index is 0.0402. The van der Waals surface area contributed by atoms with Gasteiger partial charge in [-0.2, -0.15) is 5.10 Å². The molecule has 0 aliphatic carbocycles. The summed E-state index contributed by atoms with van der Waals surface area (Å²) in [4.78, 5) is 17.2. The van der Waals surface area contributed by atoms with Crippen LogP contribution in [-0.2, 0) is 11.3 Å². The van der Waals surface area contributed by atoms with Crippen molar-refractivity contribution in [2.24, 2.45) is 0 Å². The summed E-state index contributed by atoms with van der Waals surface area (Å²) in [7, 11) is 1.61. The second kappa shape index (κ2) is 8.55. The Labute approximate surface area is 179 Å². The second-order valence-electron chi connectivity index (χ2n) is 7.37. The van der Waals surface area contributed by atoms with Crippen LogP contribution in [0.25, 0.3) is 22.2 Å². The van der Waals surface area contributed by atoms with Crippen LogP contribution in [0.4, 0.5) is 4.39 Å². The average molecular weight is 418 g/mol. The molecule has 0 saturated heterocycles. The smallest absolute Gasteiger partial charge is 0.242 e. The molecular formula is C24H23FN4O2. The Kier molecular flexibility index (Phi) is 5.66. The number of nitrogens with one attached hydrogen (secondary N) is 1. The van der Waals surface area contributed by atoms with Crippen LogP contribution in [0.3, 0.4) is 0 Å². The lowest BCUT2D eigenvalue weighted by Crippen LogP contribution is -2.30. The summed E-state index contributed by atoms with van der Waals surface area (Å²) in [6.45, 7) is 3.84. The van der Waals surface area contributed by atoms with E-state index in [0.29, 0.717) is 5.65 Å². The number of pyridine rings is 1. The first-order valence-corrected chi connectivity index (χ1v) is 9.97. The van der Waals surface area contributed by atoms with Crippen LogP contribution in [-0.4, -0.2) is 27.8 Å². The molecule has 1 amide bonds. The molecular weight excluding hydrogens is 395 g/mol. The van der Waals surface area contributed by atoms with Gasteiger partial charge in [0.15, 0.2) is 5.65 Å². The van der Waals surface area contributed by atoms with Crippen LogP contribution in [0.2, 0.25) is 0 Å². The van der Waals surface area contributed by atoms with Gasteiger partial charge in [0.25, 0.3) is 0 Å². The fraction of sp³-hybridized carbons (Fsp3) is 0.208. The third-order valence-electron chi connectivity index (χ3n) is 5.23. The zero-order valence-electron chi connectivity index (χ0n) is 17.6. The van der Waals surface area contributed by atoms with Gasteiger partial charge in [-0.1, -0.05) is 24.3 Å². The molecule has 2 aromatic heterocycles. The zero-order chi connectivity index (χ0) is 22.0. The molecule has 0 fully saturated rings. The maximum atomic E-state index is 13.3. The summed E-state index contributed by atoms with van der Waals surface area (Å²) in [5.41, 5.74) is 4.09. The van der Waals surface area contributed by atoms with Crippen LogP contribution < -0.4 is 10.1 Å². The number of carbonyl (C=O) groups is 1. The number of fused-ring (bicyclic) bond motifs is 1. The van der Waals surface area contributed by atoms with Gasteiger partial charge in [-0.15, -0.1) is 0 Å². The number of aromatic nitrogens is 3. The monoisotopic (exact) mass is 418 g/mol. The van der Waals surface area contributed by atoms with Crippen LogP contribution in [0.5, 0.6) is 5.75 Å². The van der Waals surface area contributed by atoms with Gasteiger partial charge < -0.3 is 10.1 Å². The molecule has 0 bridgehead atoms. The van der Waals surface area contributed by atoms with Gasteiger partial charge >= 0.3 is 0 Å². The highest BCUT2D eigenvalue weighted by Crippen LogP contribution is 2.30. The van der Waals surface area contributed by atoms with E-state index in [1.54, 1.807) is 30.1 Å². The molecule has 1 unspecified atom stereocenters. The quantitative estimate of drug-likeness (QED) is 0.503. The molecule has 0 aliphatic heterocycles. The molecule has 7 heteroatoms. The van der Waals surface area contributed by atoms with Gasteiger partial charge in [0.2, 0.25) is 5.91 Å². The molecule has 1 N–H and O–H groups in total. The predicted molar refractivity (Wildman–Crippen MR) is 117 cm³/mol. The van der Waals surface area contributed by atoms with E-state index >= 15 is 0 Å². The molecule has 0 radical (unpaired) electrons. The van der Waals surface area contributed by atoms with Crippen molar-refractivity contribution in [2.75, 3.05) is 7.11 Å². The summed E-state index contributed by atoms with van der Waals surface area (Å²) in [5, 5.41) is 8.39. The predicted octanol–water partition coefficient (Wildman–Crippen LogP) is 4.43. The number of rotatable bonds is 6. The van der Waals surface area contributed by atoms with Gasteiger partial charge in [0.1, 0.15) is 18.1 Å². The van der Waals surface area contributed by atoms with E-state index in [9.17, 15) is 9.18 Å². The molecule has 0 spiro atoms. The molecule has 158 valence electrons. The summed E-state index contributed by atoms with van der Waals surface area (Å²) >= 11 is 0. The highest BCUT2D eigenvalue weighted by atomic mass is 19.1. The highest BCUT2D eigenvalue weighted by molar-refractivity contribution is 5.95. The van der Waals surface area contributed by atoms with E-state index in [-0.39, 0.29) is 24.3 Å². The first kappa shape index (κ1) is 20.5. The number of benzene rings is 2. The van der Waals surface area contributed by atoms with Gasteiger partial charge in [-0.25, -0.2) is 14.1 Å². The van der Waals surface area contributed by atoms with Crippen LogP contribution in [0, 0.1) is 12.7 Å². The van der Waals surface area contributed by atoms with Crippen LogP contribution in [0.15, 0.2) is 60.8 Å². The van der Waals surface area contributed by atoms with Gasteiger partial charge in [-0.05, 0) is 60.9 Å². The fourth-order valence-electron chi connectivity index (χ4n) is 3.68. The van der Waals surface area contributed by atoms with Gasteiger partial charge in [-0.3, -0.25) is 4.79 Å². The standard InChI is InChI=1S/C24H23FN4O2/c1-15(18-5-4-6-20(13-18)31-3)27-22(30)14-29-24-23(16(2)28-29)21(11-12-26-24)17-7-9-19(25)10-8-17/h4-13,15H,14H2,1-3H3,(H,27,30). The molecule has 1 atom stereocenters. The minimum Gasteiger partial charge on any atom is -0.497 e. The Morgan fingerprint density at radius 3 is 2.71 bits per heavy atom. The average Bonchev–Trinajstić information content (AvgIpc) is 3.09. The molecule has 4 rings (SSSR count). The zero-order valence-corrected chi connectivity index (χ0v) is 17.6. The van der Waals surface area contributed by atoms with Crippen molar-refractivity contribution in [3.63, 3.8) is 0 Å². The Bertz CT molecular complexity index is 1230. The van der Waals surface area contributed by atoms with Crippen LogP contribution in [0.1, 0.15) is 24.2 Å². The van der Waals surface area contributed by atoms with E-state index in [4.69, 9.17) is 4.74 Å². The number of methoxy groups -OCH3 is 1. The Morgan fingerprint density at radius 2 is 1.97 bits per heavy atom. The van der Waals surface area contributed by atoms with Crippen molar-refractivity contribution in [1.29, 1.82) is 0 Å². The number of hydrogen-bond acceptors (Lipinski definition) is 4. The largest absolute Gasteiger partial charge is 0.497 e. The van der Waals surface area contributed by atoms with E-state index in [2.05, 4.69) is 15.4 Å². The number of halogens is 1. The maximum Gasteiger partial charge on any atom is 0.242 e. The topological polar surface area (TPSA) is 69.0 Å². The molecule has 0 aliphatic rings. The lowest BCUT2D eigenvalue weighted by atomic mass is 10.0. The van der Waals surface area contributed by atoms with Crippen molar-refractivity contribution in [2.45, 2.75) is 26.4 Å². The maximum absolute atomic E-state index is 13.3. The van der Waals surface area contributed by atoms with Gasteiger partial charge in [0, 0.05) is 11.6 Å². The van der Waals surface area contributed by atoms with E-state index < -0.39 is 0 Å². The molecule has 4 aromatic rings. The first-order valence-electron chi connectivity index (χ1n) is 9.97. The van der Waals surface area contributed by atoms with Crippen molar-refractivity contribution >= 4 is 16.9 Å². The fourth-order valence-corrected chi connectivity index (χ4v) is 3.68. The summed E-state index contributed by atoms with van der Waals surface area (Å²) in [6, 6.07) is 15.6. The van der Waals surface area contributed by atoms with Crippen molar-refractivity contribution < 1.29 is 13.9 Å². The lowest BCUT2D eigenvalue weighted by Gasteiger charge is -2.15. The Hall–Kier alpha value is -3.74. The molecule has 6 nitrogen and oxygen atoms in total. The summed E-state index contributed by atoms with van der Waals surface area (Å²) in [5.74, 6) is 0.279. The highest BCUT2D eigenvalue weighted by Gasteiger charge is 2.17. The van der Waals surface area contributed by atoms with Gasteiger partial charge in [0.05, 0.1) is 18.8 Å². The Balaban J connectivity index is 1.58. The van der Waals surface area contributed by atoms with E-state index in [1.165, 1.54) is 12.1 Å². The number of hydrogen-bond donors (Lipinski definition) is 1. The van der Waals surface area contributed by atoms with Crippen molar-refractivity contribution in [1.82, 2.24) is 20.1 Å². The Morgan fingerprint density at radius 1 is 1.19 bits per heavy atom. The van der Waals surface area contributed by atoms with Crippen molar-refractivity contribution in [3.05, 3.63) is 77.9 Å². The summed E-state index contributed by atoms with van der Waals surface area (Å²) < 4.78 is 20.2. The van der Waals surface area contributed by atoms with E-state index in [1.807, 2.05) is 44.2 Å². The summed E-state index contributed by atoms with van der Waals surface area (Å²) in [6.07, 6.45) is 1.68. The minimum atomic E-state index is -0.289. The number of nitrogens with zero attached hydrogens (tertiary/aromatic N) is 3. The van der Waals surface area contributed by atoms with Crippen LogP contribution >= 0.6 is 0 Å². The lowest BCUT2D eigenvalue weighted by molar-refractivity contribution is -0.122. The number of carbonyl (C=O) groups excluding carboxylic acids is 1. The number of amides is 1. The third kappa shape index (κ3) is 4.26. The van der Waals surface area contributed by atoms with E-state index in [0.717, 1.165) is 33.5 Å². The number of aryl methyl sites for hydroxylation is 1. The van der Waals surface area contributed by atoms with Crippen molar-refractivity contribution in [3.8, 4) is 16.9 Å². The molecule has 2 aromatic carbocycles. The first-order chi connectivity index (χ1) is 15.0. The second-order valence-corrected chi connectivity index (χ2v) is 7.37. The third-order valence-corrected chi connectivity index (χ3v) is 5.23. The SMILES string of the molecule is COc1cccc(C(C)NC(=O)Cn2nc(C)c3c(-c4ccc(F)cc4)ccnc32)c1. The molecule has 0 saturated carbocycles. The molecule has 2 heterocycles. The number of ether oxygens (including phenoxy) is 1. The normalized spacial score (nSPS) is 12.0. The molecule has 31 heavy (non-hydrogen) atoms.